The van der Waals surface area contributed by atoms with E-state index in [1.54, 1.807) is 0 Å². The summed E-state index contributed by atoms with van der Waals surface area (Å²) in [6, 6.07) is 8.60. The predicted octanol–water partition coefficient (Wildman–Crippen LogP) is 2.16. The Morgan fingerprint density at radius 1 is 1.23 bits per heavy atom. The maximum atomic E-state index is 9.45. The lowest BCUT2D eigenvalue weighted by molar-refractivity contribution is 0.269. The highest BCUT2D eigenvalue weighted by Crippen LogP contribution is 2.22. The highest BCUT2D eigenvalue weighted by Gasteiger charge is 2.14. The van der Waals surface area contributed by atoms with Gasteiger partial charge in [-0.15, -0.1) is 0 Å². The molecule has 1 aromatic rings. The monoisotopic (exact) mass is 294 g/mol. The van der Waals surface area contributed by atoms with Crippen molar-refractivity contribution < 1.29 is 0 Å². The minimum atomic E-state index is 0.725. The zero-order valence-corrected chi connectivity index (χ0v) is 13.1. The van der Waals surface area contributed by atoms with E-state index in [-0.39, 0.29) is 0 Å². The molecule has 2 heterocycles. The van der Waals surface area contributed by atoms with Crippen LogP contribution in [0.25, 0.3) is 5.57 Å². The number of hydrogen-bond donors (Lipinski definition) is 0. The van der Waals surface area contributed by atoms with Crippen LogP contribution in [0.15, 0.2) is 29.3 Å². The average molecular weight is 294 g/mol. The van der Waals surface area contributed by atoms with E-state index in [0.29, 0.717) is 0 Å². The number of aliphatic imine (C=N–C) groups is 1. The van der Waals surface area contributed by atoms with Crippen molar-refractivity contribution in [3.63, 3.8) is 0 Å². The van der Waals surface area contributed by atoms with Crippen molar-refractivity contribution in [3.05, 3.63) is 41.0 Å². The fraction of sp³-hybridized carbons (Fsp3) is 0.444. The van der Waals surface area contributed by atoms with Gasteiger partial charge >= 0.3 is 0 Å². The summed E-state index contributed by atoms with van der Waals surface area (Å²) < 4.78 is 0. The lowest BCUT2D eigenvalue weighted by Crippen LogP contribution is -2.28. The molecule has 3 rings (SSSR count). The molecule has 2 aliphatic rings. The van der Waals surface area contributed by atoms with E-state index in [0.717, 1.165) is 49.4 Å². The molecule has 0 atom stereocenters. The third kappa shape index (κ3) is 3.44. The van der Waals surface area contributed by atoms with E-state index >= 15 is 0 Å². The molecular formula is C18H22N4. The van der Waals surface area contributed by atoms with Gasteiger partial charge in [-0.25, -0.2) is 0 Å². The molecule has 0 aliphatic carbocycles. The fourth-order valence-electron chi connectivity index (χ4n) is 3.08. The Morgan fingerprint density at radius 3 is 2.91 bits per heavy atom. The second kappa shape index (κ2) is 6.87. The van der Waals surface area contributed by atoms with Gasteiger partial charge < -0.3 is 4.90 Å². The normalized spacial score (nSPS) is 19.7. The Kier molecular flexibility index (Phi) is 4.67. The minimum Gasteiger partial charge on any atom is -0.305 e. The Labute approximate surface area is 132 Å². The van der Waals surface area contributed by atoms with Gasteiger partial charge in [0.25, 0.3) is 0 Å². The fourth-order valence-corrected chi connectivity index (χ4v) is 3.08. The standard InChI is InChI=1S/C18H22N4/c1-21-7-2-8-22(10-9-21)14-15-3-4-18(17(11-15)12-19)16-5-6-20-13-16/h3-5,11,13H,2,6-10,14H2,1H3. The van der Waals surface area contributed by atoms with Crippen molar-refractivity contribution in [2.45, 2.75) is 13.0 Å². The Balaban J connectivity index is 1.75. The predicted molar refractivity (Wildman–Crippen MR) is 89.9 cm³/mol. The molecule has 1 saturated heterocycles. The van der Waals surface area contributed by atoms with Gasteiger partial charge in [-0.05, 0) is 43.8 Å². The second-order valence-electron chi connectivity index (χ2n) is 6.08. The molecule has 2 aliphatic heterocycles. The Bertz CT molecular complexity index is 639. The highest BCUT2D eigenvalue weighted by molar-refractivity contribution is 6.12. The first-order valence-electron chi connectivity index (χ1n) is 7.90. The largest absolute Gasteiger partial charge is 0.305 e. The van der Waals surface area contributed by atoms with E-state index in [1.165, 1.54) is 18.5 Å². The third-order valence-electron chi connectivity index (χ3n) is 4.38. The van der Waals surface area contributed by atoms with Crippen LogP contribution in [0.2, 0.25) is 0 Å². The smallest absolute Gasteiger partial charge is 0.0998 e. The van der Waals surface area contributed by atoms with Crippen LogP contribution in [0.4, 0.5) is 0 Å². The molecule has 0 N–H and O–H groups in total. The van der Waals surface area contributed by atoms with Crippen LogP contribution < -0.4 is 0 Å². The summed E-state index contributed by atoms with van der Waals surface area (Å²) >= 11 is 0. The molecule has 4 nitrogen and oxygen atoms in total. The van der Waals surface area contributed by atoms with Crippen molar-refractivity contribution in [1.82, 2.24) is 9.80 Å². The van der Waals surface area contributed by atoms with E-state index in [1.807, 2.05) is 12.3 Å². The molecule has 0 saturated carbocycles. The number of benzene rings is 1. The summed E-state index contributed by atoms with van der Waals surface area (Å²) in [5, 5.41) is 9.45. The van der Waals surface area contributed by atoms with Gasteiger partial charge in [0.1, 0.15) is 0 Å². The van der Waals surface area contributed by atoms with Crippen molar-refractivity contribution in [2.24, 2.45) is 4.99 Å². The van der Waals surface area contributed by atoms with Gasteiger partial charge in [0.15, 0.2) is 0 Å². The molecule has 0 radical (unpaired) electrons. The summed E-state index contributed by atoms with van der Waals surface area (Å²) in [6.07, 6.45) is 5.14. The zero-order chi connectivity index (χ0) is 15.4. The van der Waals surface area contributed by atoms with E-state index in [4.69, 9.17) is 0 Å². The maximum Gasteiger partial charge on any atom is 0.0998 e. The molecule has 0 spiro atoms. The van der Waals surface area contributed by atoms with Crippen LogP contribution in [-0.2, 0) is 6.54 Å². The first-order valence-corrected chi connectivity index (χ1v) is 7.90. The summed E-state index contributed by atoms with van der Waals surface area (Å²) in [4.78, 5) is 9.08. The van der Waals surface area contributed by atoms with Crippen molar-refractivity contribution >= 4 is 11.8 Å². The molecular weight excluding hydrogens is 272 g/mol. The zero-order valence-electron chi connectivity index (χ0n) is 13.1. The number of hydrogen-bond acceptors (Lipinski definition) is 4. The maximum absolute atomic E-state index is 9.45. The first kappa shape index (κ1) is 15.0. The Morgan fingerprint density at radius 2 is 2.14 bits per heavy atom. The van der Waals surface area contributed by atoms with E-state index in [2.05, 4.69) is 46.1 Å². The third-order valence-corrected chi connectivity index (χ3v) is 4.38. The number of nitrogens with zero attached hydrogens (tertiary/aromatic N) is 4. The average Bonchev–Trinajstić information content (AvgIpc) is 2.99. The van der Waals surface area contributed by atoms with Crippen molar-refractivity contribution in [1.29, 1.82) is 5.26 Å². The van der Waals surface area contributed by atoms with Crippen LogP contribution in [0, 0.1) is 11.3 Å². The van der Waals surface area contributed by atoms with Gasteiger partial charge in [0.05, 0.1) is 18.2 Å². The van der Waals surface area contributed by atoms with Crippen LogP contribution in [0.3, 0.4) is 0 Å². The topological polar surface area (TPSA) is 42.6 Å². The lowest BCUT2D eigenvalue weighted by atomic mass is 9.98. The summed E-state index contributed by atoms with van der Waals surface area (Å²) in [5.41, 5.74) is 4.05. The van der Waals surface area contributed by atoms with Gasteiger partial charge in [0, 0.05) is 31.4 Å². The molecule has 114 valence electrons. The SMILES string of the molecule is CN1CCCN(Cc2ccc(C3=CCN=C3)c(C#N)c2)CC1. The lowest BCUT2D eigenvalue weighted by Gasteiger charge is -2.20. The van der Waals surface area contributed by atoms with E-state index in [9.17, 15) is 5.26 Å². The number of rotatable bonds is 3. The van der Waals surface area contributed by atoms with Gasteiger partial charge in [-0.3, -0.25) is 9.89 Å². The number of nitriles is 1. The van der Waals surface area contributed by atoms with Crippen LogP contribution in [0.1, 0.15) is 23.1 Å². The van der Waals surface area contributed by atoms with Crippen molar-refractivity contribution in [2.75, 3.05) is 39.8 Å². The molecule has 1 fully saturated rings. The highest BCUT2D eigenvalue weighted by atomic mass is 15.2. The summed E-state index contributed by atoms with van der Waals surface area (Å²) in [7, 11) is 2.18. The molecule has 0 unspecified atom stereocenters. The van der Waals surface area contributed by atoms with Gasteiger partial charge in [-0.1, -0.05) is 18.2 Å². The van der Waals surface area contributed by atoms with Crippen LogP contribution in [-0.4, -0.2) is 55.8 Å². The number of likely N-dealkylation sites (N-methyl/N-ethyl adjacent to an activating group) is 1. The van der Waals surface area contributed by atoms with Gasteiger partial charge in [0.2, 0.25) is 0 Å². The molecule has 1 aromatic carbocycles. The minimum absolute atomic E-state index is 0.725. The first-order chi connectivity index (χ1) is 10.8. The quantitative estimate of drug-likeness (QED) is 0.858. The van der Waals surface area contributed by atoms with Crippen molar-refractivity contribution in [3.8, 4) is 6.07 Å². The molecule has 4 heteroatoms. The van der Waals surface area contributed by atoms with E-state index < -0.39 is 0 Å². The molecule has 0 aromatic heterocycles. The number of allylic oxidation sites excluding steroid dienone is 1. The second-order valence-corrected chi connectivity index (χ2v) is 6.08. The molecule has 0 amide bonds. The van der Waals surface area contributed by atoms with Crippen LogP contribution >= 0.6 is 0 Å². The molecule has 0 bridgehead atoms. The summed E-state index contributed by atoms with van der Waals surface area (Å²) in [6.45, 7) is 6.17. The molecule has 22 heavy (non-hydrogen) atoms. The Hall–Kier alpha value is -1.96. The van der Waals surface area contributed by atoms with Crippen LogP contribution in [0.5, 0.6) is 0 Å². The summed E-state index contributed by atoms with van der Waals surface area (Å²) in [5.74, 6) is 0. The van der Waals surface area contributed by atoms with Gasteiger partial charge in [-0.2, -0.15) is 5.26 Å².